The largest absolute Gasteiger partial charge is 0.392 e. The van der Waals surface area contributed by atoms with E-state index in [4.69, 9.17) is 19.9 Å². The molecule has 3 amide bonds. The second-order valence-electron chi connectivity index (χ2n) is 11.5. The van der Waals surface area contributed by atoms with Crippen LogP contribution in [-0.4, -0.2) is 104 Å². The smallest absolute Gasteiger partial charge is 0.252 e. The van der Waals surface area contributed by atoms with Crippen LogP contribution in [0, 0.1) is 12.3 Å². The van der Waals surface area contributed by atoms with Crippen LogP contribution in [0.25, 0.3) is 10.4 Å². The molecule has 1 fully saturated rings. The summed E-state index contributed by atoms with van der Waals surface area (Å²) in [5.74, 6) is -1.46. The molecular formula is C30H45N5O7S. The van der Waals surface area contributed by atoms with E-state index in [1.54, 1.807) is 16.8 Å². The number of aliphatic hydroxyl groups excluding tert-OH is 1. The Balaban J connectivity index is 1.67. The summed E-state index contributed by atoms with van der Waals surface area (Å²) >= 11 is 1.55. The molecule has 238 valence electrons. The third-order valence-corrected chi connectivity index (χ3v) is 7.88. The highest BCUT2D eigenvalue weighted by atomic mass is 32.1. The summed E-state index contributed by atoms with van der Waals surface area (Å²) in [6.45, 7) is 9.63. The zero-order valence-corrected chi connectivity index (χ0v) is 26.3. The molecule has 1 aliphatic heterocycles. The number of aryl methyl sites for hydroxylation is 1. The predicted molar refractivity (Wildman–Crippen MR) is 163 cm³/mol. The van der Waals surface area contributed by atoms with Crippen molar-refractivity contribution < 1.29 is 33.7 Å². The molecule has 1 aliphatic rings. The van der Waals surface area contributed by atoms with Gasteiger partial charge in [0.15, 0.2) is 0 Å². The van der Waals surface area contributed by atoms with Crippen molar-refractivity contribution in [1.29, 1.82) is 0 Å². The summed E-state index contributed by atoms with van der Waals surface area (Å²) < 4.78 is 16.1. The Morgan fingerprint density at radius 1 is 1.12 bits per heavy atom. The van der Waals surface area contributed by atoms with Crippen LogP contribution in [0.4, 0.5) is 0 Å². The van der Waals surface area contributed by atoms with Gasteiger partial charge in [0.05, 0.1) is 67.8 Å². The molecule has 0 bridgehead atoms. The lowest BCUT2D eigenvalue weighted by atomic mass is 9.85. The van der Waals surface area contributed by atoms with Gasteiger partial charge in [0.25, 0.3) is 5.91 Å². The fourth-order valence-electron chi connectivity index (χ4n) is 4.58. The van der Waals surface area contributed by atoms with E-state index in [9.17, 15) is 19.5 Å². The number of nitrogens with zero attached hydrogens (tertiary/aromatic N) is 2. The van der Waals surface area contributed by atoms with Crippen LogP contribution in [0.15, 0.2) is 29.8 Å². The molecule has 43 heavy (non-hydrogen) atoms. The Bertz CT molecular complexity index is 1180. The SMILES string of the molecule is Cc1ncsc1-c1ccc(CN(C(=O)[C@@H]2C[C@@H](O)CN2)C(=O)[C@@H](NC(=O)COCCOCCOCCN)C(C)(C)C)cc1. The molecule has 12 nitrogen and oxygen atoms in total. The molecule has 3 rings (SSSR count). The van der Waals surface area contributed by atoms with Crippen molar-refractivity contribution in [2.24, 2.45) is 11.1 Å². The van der Waals surface area contributed by atoms with Gasteiger partial charge in [-0.25, -0.2) is 4.98 Å². The molecule has 0 spiro atoms. The molecule has 0 unspecified atom stereocenters. The van der Waals surface area contributed by atoms with Gasteiger partial charge in [-0.15, -0.1) is 11.3 Å². The Morgan fingerprint density at radius 3 is 2.33 bits per heavy atom. The number of carbonyl (C=O) groups excluding carboxylic acids is 3. The number of β-amino-alcohol motifs (C(OH)–C–C–N with tert-alkyl or cyclic N) is 1. The van der Waals surface area contributed by atoms with Crippen molar-refractivity contribution in [3.8, 4) is 10.4 Å². The number of nitrogens with one attached hydrogen (secondary N) is 2. The second-order valence-corrected chi connectivity index (χ2v) is 12.4. The number of ether oxygens (including phenoxy) is 3. The number of rotatable bonds is 16. The van der Waals surface area contributed by atoms with E-state index >= 15 is 0 Å². The summed E-state index contributed by atoms with van der Waals surface area (Å²) in [5.41, 5.74) is 9.13. The zero-order valence-electron chi connectivity index (χ0n) is 25.5. The lowest BCUT2D eigenvalue weighted by molar-refractivity contribution is -0.151. The Kier molecular flexibility index (Phi) is 13.6. The number of amides is 3. The first-order valence-corrected chi connectivity index (χ1v) is 15.4. The van der Waals surface area contributed by atoms with Crippen LogP contribution >= 0.6 is 11.3 Å². The van der Waals surface area contributed by atoms with Crippen molar-refractivity contribution in [2.45, 2.75) is 58.8 Å². The highest BCUT2D eigenvalue weighted by Crippen LogP contribution is 2.28. The monoisotopic (exact) mass is 619 g/mol. The molecule has 2 aromatic rings. The van der Waals surface area contributed by atoms with Gasteiger partial charge in [-0.2, -0.15) is 0 Å². The molecule has 5 N–H and O–H groups in total. The minimum atomic E-state index is -1.01. The van der Waals surface area contributed by atoms with Gasteiger partial charge >= 0.3 is 0 Å². The summed E-state index contributed by atoms with van der Waals surface area (Å²) in [6, 6.07) is 5.93. The third-order valence-electron chi connectivity index (χ3n) is 6.90. The summed E-state index contributed by atoms with van der Waals surface area (Å²) in [6.07, 6.45) is -0.473. The van der Waals surface area contributed by atoms with Crippen LogP contribution < -0.4 is 16.4 Å². The Labute approximate surface area is 257 Å². The van der Waals surface area contributed by atoms with Gasteiger partial charge in [-0.05, 0) is 29.9 Å². The number of hydrogen-bond acceptors (Lipinski definition) is 11. The van der Waals surface area contributed by atoms with E-state index in [0.717, 1.165) is 21.7 Å². The highest BCUT2D eigenvalue weighted by molar-refractivity contribution is 7.13. The van der Waals surface area contributed by atoms with E-state index in [2.05, 4.69) is 15.6 Å². The van der Waals surface area contributed by atoms with E-state index in [1.165, 1.54) is 4.90 Å². The van der Waals surface area contributed by atoms with Crippen LogP contribution in [-0.2, 0) is 35.1 Å². The Morgan fingerprint density at radius 2 is 1.77 bits per heavy atom. The maximum atomic E-state index is 14.0. The number of imide groups is 1. The summed E-state index contributed by atoms with van der Waals surface area (Å²) in [4.78, 5) is 47.1. The lowest BCUT2D eigenvalue weighted by Gasteiger charge is -2.35. The fraction of sp³-hybridized carbons (Fsp3) is 0.600. The molecular weight excluding hydrogens is 574 g/mol. The number of hydrogen-bond donors (Lipinski definition) is 4. The normalized spacial score (nSPS) is 17.5. The average molecular weight is 620 g/mol. The number of carbonyl (C=O) groups is 3. The second kappa shape index (κ2) is 16.9. The topological polar surface area (TPSA) is 165 Å². The molecule has 2 heterocycles. The molecule has 1 saturated heterocycles. The third kappa shape index (κ3) is 10.7. The van der Waals surface area contributed by atoms with E-state index < -0.39 is 41.3 Å². The number of thiazole rings is 1. The summed E-state index contributed by atoms with van der Waals surface area (Å²) in [7, 11) is 0. The summed E-state index contributed by atoms with van der Waals surface area (Å²) in [5, 5.41) is 15.8. The zero-order chi connectivity index (χ0) is 31.4. The van der Waals surface area contributed by atoms with Gasteiger partial charge in [-0.1, -0.05) is 45.0 Å². The molecule has 0 saturated carbocycles. The van der Waals surface area contributed by atoms with Crippen molar-refractivity contribution in [2.75, 3.05) is 52.7 Å². The molecule has 0 aliphatic carbocycles. The van der Waals surface area contributed by atoms with Gasteiger partial charge < -0.3 is 35.7 Å². The van der Waals surface area contributed by atoms with Gasteiger partial charge in [0.2, 0.25) is 11.8 Å². The first-order chi connectivity index (χ1) is 20.5. The number of aromatic nitrogens is 1. The van der Waals surface area contributed by atoms with E-state index in [-0.39, 0.29) is 39.3 Å². The minimum absolute atomic E-state index is 0.0131. The number of aliphatic hydroxyl groups is 1. The standard InChI is InChI=1S/C30H45N5O7S/c1-20-26(43-19-33-20)22-7-5-21(6-8-22)17-35(28(38)24-15-23(36)16-32-24)29(39)27(30(2,3)4)34-25(37)18-42-14-13-41-12-11-40-10-9-31/h5-8,19,23-24,27,32,36H,9-18,31H2,1-4H3,(H,34,37)/t23-,24+,27-/m1/s1. The molecule has 3 atom stereocenters. The van der Waals surface area contributed by atoms with Crippen molar-refractivity contribution in [3.05, 3.63) is 41.0 Å². The minimum Gasteiger partial charge on any atom is -0.392 e. The van der Waals surface area contributed by atoms with Crippen LogP contribution in [0.3, 0.4) is 0 Å². The quantitative estimate of drug-likeness (QED) is 0.201. The van der Waals surface area contributed by atoms with Gasteiger partial charge in [0.1, 0.15) is 12.6 Å². The van der Waals surface area contributed by atoms with Gasteiger partial charge in [0, 0.05) is 13.1 Å². The van der Waals surface area contributed by atoms with Crippen molar-refractivity contribution in [1.82, 2.24) is 20.5 Å². The predicted octanol–water partition coefficient (Wildman–Crippen LogP) is 1.24. The highest BCUT2D eigenvalue weighted by Gasteiger charge is 2.41. The first kappa shape index (κ1) is 34.7. The molecule has 0 radical (unpaired) electrons. The van der Waals surface area contributed by atoms with Crippen LogP contribution in [0.5, 0.6) is 0 Å². The maximum Gasteiger partial charge on any atom is 0.252 e. The molecule has 13 heteroatoms. The number of nitrogens with two attached hydrogens (primary N) is 1. The maximum absolute atomic E-state index is 14.0. The first-order valence-electron chi connectivity index (χ1n) is 14.5. The van der Waals surface area contributed by atoms with E-state index in [0.29, 0.717) is 26.4 Å². The van der Waals surface area contributed by atoms with Crippen molar-refractivity contribution in [3.63, 3.8) is 0 Å². The number of benzene rings is 1. The Hall–Kier alpha value is -2.78. The van der Waals surface area contributed by atoms with Crippen molar-refractivity contribution >= 4 is 29.1 Å². The van der Waals surface area contributed by atoms with Crippen LogP contribution in [0.2, 0.25) is 0 Å². The van der Waals surface area contributed by atoms with E-state index in [1.807, 2.05) is 52.0 Å². The molecule has 1 aromatic carbocycles. The average Bonchev–Trinajstić information content (AvgIpc) is 3.60. The fourth-order valence-corrected chi connectivity index (χ4v) is 5.39. The lowest BCUT2D eigenvalue weighted by Crippen LogP contribution is -2.58. The van der Waals surface area contributed by atoms with Crippen LogP contribution in [0.1, 0.15) is 38.4 Å². The van der Waals surface area contributed by atoms with Gasteiger partial charge in [-0.3, -0.25) is 19.3 Å². The molecule has 1 aromatic heterocycles.